The number of aromatic nitrogens is 7. The average Bonchev–Trinajstić information content (AvgIpc) is 3.43. The molecule has 0 aliphatic heterocycles. The SMILES string of the molecule is CC(=O)c1ccc(-n2cnc3ccc(Nc4ccc(C)nn4)cc32)nc1-n1ncc(C#N)c1C. The molecule has 1 aromatic carbocycles. The molecule has 10 nitrogen and oxygen atoms in total. The van der Waals surface area contributed by atoms with Crippen LogP contribution < -0.4 is 5.32 Å². The van der Waals surface area contributed by atoms with Crippen LogP contribution in [0, 0.1) is 25.2 Å². The molecule has 5 aromatic rings. The van der Waals surface area contributed by atoms with E-state index in [1.165, 1.54) is 17.8 Å². The number of ketones is 1. The number of rotatable bonds is 5. The molecule has 0 amide bonds. The van der Waals surface area contributed by atoms with Gasteiger partial charge in [0.05, 0.1) is 39.7 Å². The Balaban J connectivity index is 1.60. The van der Waals surface area contributed by atoms with Gasteiger partial charge in [-0.05, 0) is 63.2 Å². The predicted molar refractivity (Wildman–Crippen MR) is 125 cm³/mol. The summed E-state index contributed by atoms with van der Waals surface area (Å²) in [5.41, 5.74) is 4.68. The van der Waals surface area contributed by atoms with E-state index in [2.05, 4.69) is 31.7 Å². The summed E-state index contributed by atoms with van der Waals surface area (Å²) >= 11 is 0. The highest BCUT2D eigenvalue weighted by molar-refractivity contribution is 5.97. The predicted octanol–water partition coefficient (Wildman–Crippen LogP) is 3.83. The summed E-state index contributed by atoms with van der Waals surface area (Å²) in [7, 11) is 0. The molecule has 0 aliphatic carbocycles. The van der Waals surface area contributed by atoms with Crippen LogP contribution in [0.2, 0.25) is 0 Å². The number of pyridine rings is 1. The summed E-state index contributed by atoms with van der Waals surface area (Å²) in [5.74, 6) is 1.39. The van der Waals surface area contributed by atoms with Crippen molar-refractivity contribution in [2.75, 3.05) is 5.32 Å². The molecular weight excluding hydrogens is 430 g/mol. The summed E-state index contributed by atoms with van der Waals surface area (Å²) < 4.78 is 3.35. The lowest BCUT2D eigenvalue weighted by molar-refractivity contribution is 0.101. The largest absolute Gasteiger partial charge is 0.339 e. The second-order valence-electron chi connectivity index (χ2n) is 7.77. The van der Waals surface area contributed by atoms with E-state index in [-0.39, 0.29) is 5.78 Å². The minimum atomic E-state index is -0.149. The van der Waals surface area contributed by atoms with E-state index >= 15 is 0 Å². The van der Waals surface area contributed by atoms with Crippen molar-refractivity contribution in [1.82, 2.24) is 34.5 Å². The molecule has 0 unspecified atom stereocenters. The monoisotopic (exact) mass is 449 g/mol. The number of benzene rings is 1. The Kier molecular flexibility index (Phi) is 5.07. The molecule has 0 spiro atoms. The van der Waals surface area contributed by atoms with Gasteiger partial charge < -0.3 is 5.32 Å². The zero-order chi connectivity index (χ0) is 23.8. The molecule has 0 aliphatic rings. The van der Waals surface area contributed by atoms with Gasteiger partial charge in [-0.25, -0.2) is 14.6 Å². The zero-order valence-electron chi connectivity index (χ0n) is 18.7. The number of aryl methyl sites for hydroxylation is 1. The summed E-state index contributed by atoms with van der Waals surface area (Å²) in [6.07, 6.45) is 3.14. The van der Waals surface area contributed by atoms with Gasteiger partial charge in [-0.2, -0.15) is 15.5 Å². The summed E-state index contributed by atoms with van der Waals surface area (Å²) in [4.78, 5) is 21.5. The fraction of sp³-hybridized carbons (Fsp3) is 0.125. The van der Waals surface area contributed by atoms with Crippen molar-refractivity contribution in [3.63, 3.8) is 0 Å². The molecule has 4 aromatic heterocycles. The van der Waals surface area contributed by atoms with Crippen LogP contribution in [0.25, 0.3) is 22.7 Å². The number of hydrogen-bond donors (Lipinski definition) is 1. The highest BCUT2D eigenvalue weighted by atomic mass is 16.1. The molecule has 0 bridgehead atoms. The Bertz CT molecular complexity index is 1590. The smallest absolute Gasteiger partial charge is 0.166 e. The van der Waals surface area contributed by atoms with Crippen molar-refractivity contribution >= 4 is 28.3 Å². The first-order chi connectivity index (χ1) is 16.4. The molecular formula is C24H19N9O. The third-order valence-corrected chi connectivity index (χ3v) is 5.43. The minimum Gasteiger partial charge on any atom is -0.339 e. The number of nitrogens with zero attached hydrogens (tertiary/aromatic N) is 8. The molecule has 4 heterocycles. The van der Waals surface area contributed by atoms with Crippen LogP contribution in [0.15, 0.2) is 55.0 Å². The molecule has 5 rings (SSSR count). The van der Waals surface area contributed by atoms with E-state index in [1.807, 2.05) is 41.8 Å². The zero-order valence-corrected chi connectivity index (χ0v) is 18.7. The van der Waals surface area contributed by atoms with Gasteiger partial charge >= 0.3 is 0 Å². The number of Topliss-reactive ketones (excluding diaryl/α,β-unsaturated/α-hetero) is 1. The molecule has 1 N–H and O–H groups in total. The molecule has 10 heteroatoms. The van der Waals surface area contributed by atoms with E-state index in [9.17, 15) is 10.1 Å². The fourth-order valence-corrected chi connectivity index (χ4v) is 3.62. The van der Waals surface area contributed by atoms with Crippen LogP contribution in [-0.4, -0.2) is 40.3 Å². The van der Waals surface area contributed by atoms with Gasteiger partial charge in [0.25, 0.3) is 0 Å². The van der Waals surface area contributed by atoms with Gasteiger partial charge in [-0.15, -0.1) is 5.10 Å². The summed E-state index contributed by atoms with van der Waals surface area (Å²) in [6.45, 7) is 5.12. The van der Waals surface area contributed by atoms with Crippen LogP contribution in [0.4, 0.5) is 11.5 Å². The topological polar surface area (TPSA) is 127 Å². The van der Waals surface area contributed by atoms with E-state index in [1.54, 1.807) is 25.4 Å². The third kappa shape index (κ3) is 3.65. The third-order valence-electron chi connectivity index (χ3n) is 5.43. The normalized spacial score (nSPS) is 10.9. The molecule has 0 saturated carbocycles. The Morgan fingerprint density at radius 3 is 2.65 bits per heavy atom. The van der Waals surface area contributed by atoms with Crippen molar-refractivity contribution in [1.29, 1.82) is 5.26 Å². The Hall–Kier alpha value is -4.91. The lowest BCUT2D eigenvalue weighted by Gasteiger charge is -2.12. The van der Waals surface area contributed by atoms with Gasteiger partial charge in [0.15, 0.2) is 17.4 Å². The van der Waals surface area contributed by atoms with Crippen LogP contribution >= 0.6 is 0 Å². The van der Waals surface area contributed by atoms with E-state index in [4.69, 9.17) is 4.98 Å². The van der Waals surface area contributed by atoms with Crippen molar-refractivity contribution in [2.45, 2.75) is 20.8 Å². The molecule has 0 saturated heterocycles. The first kappa shape index (κ1) is 21.0. The number of imidazole rings is 1. The molecule has 34 heavy (non-hydrogen) atoms. The number of fused-ring (bicyclic) bond motifs is 1. The second kappa shape index (κ2) is 8.22. The molecule has 0 atom stereocenters. The van der Waals surface area contributed by atoms with Crippen molar-refractivity contribution in [2.24, 2.45) is 0 Å². The Labute approximate surface area is 194 Å². The van der Waals surface area contributed by atoms with Gasteiger partial charge in [0.1, 0.15) is 18.2 Å². The maximum atomic E-state index is 12.3. The lowest BCUT2D eigenvalue weighted by Crippen LogP contribution is -2.11. The number of carbonyl (C=O) groups is 1. The van der Waals surface area contributed by atoms with Crippen LogP contribution in [-0.2, 0) is 0 Å². The fourth-order valence-electron chi connectivity index (χ4n) is 3.62. The number of anilines is 2. The van der Waals surface area contributed by atoms with E-state index < -0.39 is 0 Å². The van der Waals surface area contributed by atoms with Gasteiger partial charge in [0, 0.05) is 5.69 Å². The van der Waals surface area contributed by atoms with Crippen LogP contribution in [0.5, 0.6) is 0 Å². The quantitative estimate of drug-likeness (QED) is 0.401. The van der Waals surface area contributed by atoms with Gasteiger partial charge in [-0.3, -0.25) is 9.36 Å². The molecule has 166 valence electrons. The van der Waals surface area contributed by atoms with Crippen LogP contribution in [0.1, 0.15) is 34.2 Å². The van der Waals surface area contributed by atoms with E-state index in [0.29, 0.717) is 34.3 Å². The number of hydrogen-bond acceptors (Lipinski definition) is 8. The number of carbonyl (C=O) groups excluding carboxylic acids is 1. The lowest BCUT2D eigenvalue weighted by atomic mass is 10.1. The van der Waals surface area contributed by atoms with Crippen molar-refractivity contribution in [3.8, 4) is 17.7 Å². The Morgan fingerprint density at radius 1 is 1.09 bits per heavy atom. The van der Waals surface area contributed by atoms with Gasteiger partial charge in [0.2, 0.25) is 0 Å². The van der Waals surface area contributed by atoms with Crippen LogP contribution in [0.3, 0.4) is 0 Å². The maximum absolute atomic E-state index is 12.3. The van der Waals surface area contributed by atoms with Gasteiger partial charge in [-0.1, -0.05) is 0 Å². The molecule has 0 fully saturated rings. The van der Waals surface area contributed by atoms with Crippen molar-refractivity contribution < 1.29 is 4.79 Å². The first-order valence-electron chi connectivity index (χ1n) is 10.5. The van der Waals surface area contributed by atoms with E-state index in [0.717, 1.165) is 22.4 Å². The summed E-state index contributed by atoms with van der Waals surface area (Å²) in [6, 6.07) is 15.1. The highest BCUT2D eigenvalue weighted by Crippen LogP contribution is 2.25. The number of nitriles is 1. The van der Waals surface area contributed by atoms with Crippen molar-refractivity contribution in [3.05, 3.63) is 77.5 Å². The second-order valence-corrected chi connectivity index (χ2v) is 7.77. The number of nitrogens with one attached hydrogen (secondary N) is 1. The maximum Gasteiger partial charge on any atom is 0.166 e. The molecule has 0 radical (unpaired) electrons. The first-order valence-corrected chi connectivity index (χ1v) is 10.5. The highest BCUT2D eigenvalue weighted by Gasteiger charge is 2.18. The standard InChI is InChI=1S/C24H19N9O/c1-14-4-8-22(31-30-14)28-18-5-7-20-21(10-18)32(13-26-20)23-9-6-19(16(3)34)24(29-23)33-15(2)17(11-25)12-27-33/h4-10,12-13H,1-3H3,(H,28,31). The minimum absolute atomic E-state index is 0.149. The average molecular weight is 449 g/mol. The Morgan fingerprint density at radius 2 is 1.94 bits per heavy atom. The summed E-state index contributed by atoms with van der Waals surface area (Å²) in [5, 5.41) is 25.1.